The van der Waals surface area contributed by atoms with Crippen LogP contribution >= 0.6 is 11.8 Å². The minimum atomic E-state index is -0.204. The van der Waals surface area contributed by atoms with E-state index < -0.39 is 0 Å². The Kier molecular flexibility index (Phi) is 4.14. The average Bonchev–Trinajstić information content (AvgIpc) is 2.93. The summed E-state index contributed by atoms with van der Waals surface area (Å²) in [6.45, 7) is 4.34. The van der Waals surface area contributed by atoms with Gasteiger partial charge in [0.25, 0.3) is 0 Å². The third kappa shape index (κ3) is 2.77. The third-order valence-corrected chi connectivity index (χ3v) is 4.97. The summed E-state index contributed by atoms with van der Waals surface area (Å²) in [6.07, 6.45) is 2.09. The molecule has 4 nitrogen and oxygen atoms in total. The molecule has 0 spiro atoms. The molecule has 1 aliphatic rings. The molecule has 21 heavy (non-hydrogen) atoms. The maximum absolute atomic E-state index is 13.1. The number of nitrogens with zero attached hydrogens (tertiary/aromatic N) is 3. The van der Waals surface area contributed by atoms with Crippen molar-refractivity contribution in [1.29, 1.82) is 0 Å². The predicted molar refractivity (Wildman–Crippen MR) is 82.6 cm³/mol. The number of fused-ring (bicyclic) bond motifs is 1. The van der Waals surface area contributed by atoms with Gasteiger partial charge in [-0.1, -0.05) is 37.7 Å². The van der Waals surface area contributed by atoms with Gasteiger partial charge in [0, 0.05) is 11.7 Å². The van der Waals surface area contributed by atoms with Gasteiger partial charge >= 0.3 is 0 Å². The van der Waals surface area contributed by atoms with Crippen molar-refractivity contribution in [3.8, 4) is 0 Å². The lowest BCUT2D eigenvalue weighted by molar-refractivity contribution is 0.547. The van der Waals surface area contributed by atoms with E-state index >= 15 is 0 Å². The molecule has 1 atom stereocenters. The highest BCUT2D eigenvalue weighted by Crippen LogP contribution is 2.32. The summed E-state index contributed by atoms with van der Waals surface area (Å²) in [4.78, 5) is 0. The van der Waals surface area contributed by atoms with E-state index in [0.717, 1.165) is 35.1 Å². The quantitative estimate of drug-likeness (QED) is 0.935. The van der Waals surface area contributed by atoms with E-state index in [1.807, 2.05) is 16.8 Å². The van der Waals surface area contributed by atoms with E-state index in [4.69, 9.17) is 0 Å². The summed E-state index contributed by atoms with van der Waals surface area (Å²) in [5.74, 6) is 2.07. The monoisotopic (exact) mass is 306 g/mol. The first-order chi connectivity index (χ1) is 10.2. The zero-order chi connectivity index (χ0) is 14.8. The van der Waals surface area contributed by atoms with Crippen LogP contribution in [0.4, 0.5) is 4.39 Å². The molecule has 2 heterocycles. The van der Waals surface area contributed by atoms with Crippen LogP contribution in [0.3, 0.4) is 0 Å². The van der Waals surface area contributed by atoms with Gasteiger partial charge in [-0.25, -0.2) is 9.07 Å². The van der Waals surface area contributed by atoms with E-state index in [-0.39, 0.29) is 11.9 Å². The summed E-state index contributed by atoms with van der Waals surface area (Å²) in [5, 5.41) is 9.53. The number of nitrogens with one attached hydrogen (secondary N) is 1. The molecule has 1 aromatic carbocycles. The predicted octanol–water partition coefficient (Wildman–Crippen LogP) is 3.71. The largest absolute Gasteiger partial charge is 0.314 e. The van der Waals surface area contributed by atoms with Crippen LogP contribution in [-0.4, -0.2) is 20.6 Å². The van der Waals surface area contributed by atoms with Gasteiger partial charge in [0.1, 0.15) is 5.82 Å². The average molecular weight is 306 g/mol. The van der Waals surface area contributed by atoms with Crippen molar-refractivity contribution in [2.45, 2.75) is 43.8 Å². The highest BCUT2D eigenvalue weighted by Gasteiger charge is 2.26. The number of hydrogen-bond acceptors (Lipinski definition) is 4. The third-order valence-electron chi connectivity index (χ3n) is 3.95. The standard InChI is InChI=1S/C15H19FN4S/c1-3-10(4-2)14-17-18-15-20(14)19-13(9-21-15)11-5-7-12(16)8-6-11/h5-8,10,13,19H,3-4,9H2,1-2H3. The molecule has 0 radical (unpaired) electrons. The second kappa shape index (κ2) is 6.05. The molecule has 3 rings (SSSR count). The summed E-state index contributed by atoms with van der Waals surface area (Å²) in [7, 11) is 0. The molecule has 1 aromatic heterocycles. The molecule has 0 saturated heterocycles. The van der Waals surface area contributed by atoms with Crippen molar-refractivity contribution in [2.24, 2.45) is 0 Å². The molecule has 1 N–H and O–H groups in total. The molecule has 112 valence electrons. The molecule has 6 heteroatoms. The Bertz CT molecular complexity index is 607. The number of halogens is 1. The topological polar surface area (TPSA) is 42.7 Å². The first-order valence-electron chi connectivity index (χ1n) is 7.33. The molecule has 0 aliphatic carbocycles. The number of thioether (sulfide) groups is 1. The van der Waals surface area contributed by atoms with E-state index in [0.29, 0.717) is 5.92 Å². The van der Waals surface area contributed by atoms with Crippen molar-refractivity contribution in [2.75, 3.05) is 11.2 Å². The van der Waals surface area contributed by atoms with Gasteiger partial charge in [0.05, 0.1) is 6.04 Å². The van der Waals surface area contributed by atoms with Crippen LogP contribution in [0, 0.1) is 5.82 Å². The van der Waals surface area contributed by atoms with Crippen LogP contribution in [0.2, 0.25) is 0 Å². The molecule has 0 fully saturated rings. The molecule has 1 aliphatic heterocycles. The second-order valence-corrected chi connectivity index (χ2v) is 6.22. The van der Waals surface area contributed by atoms with Crippen molar-refractivity contribution in [3.63, 3.8) is 0 Å². The Morgan fingerprint density at radius 2 is 2.00 bits per heavy atom. The number of benzene rings is 1. The number of hydrogen-bond donors (Lipinski definition) is 1. The number of rotatable bonds is 4. The van der Waals surface area contributed by atoms with E-state index in [9.17, 15) is 4.39 Å². The molecule has 2 aromatic rings. The van der Waals surface area contributed by atoms with Crippen LogP contribution in [0.25, 0.3) is 0 Å². The summed E-state index contributed by atoms with van der Waals surface area (Å²) < 4.78 is 15.1. The Balaban J connectivity index is 1.87. The molecule has 0 bridgehead atoms. The van der Waals surface area contributed by atoms with Crippen molar-refractivity contribution in [3.05, 3.63) is 41.5 Å². The molecule has 0 amide bonds. The smallest absolute Gasteiger partial charge is 0.210 e. The Morgan fingerprint density at radius 3 is 2.67 bits per heavy atom. The van der Waals surface area contributed by atoms with Crippen LogP contribution < -0.4 is 5.43 Å². The van der Waals surface area contributed by atoms with Crippen LogP contribution in [0.15, 0.2) is 29.4 Å². The Hall–Kier alpha value is -1.56. The summed E-state index contributed by atoms with van der Waals surface area (Å²) in [6, 6.07) is 6.82. The zero-order valence-electron chi connectivity index (χ0n) is 12.2. The van der Waals surface area contributed by atoms with Crippen LogP contribution in [-0.2, 0) is 0 Å². The van der Waals surface area contributed by atoms with Gasteiger partial charge in [0.2, 0.25) is 5.16 Å². The van der Waals surface area contributed by atoms with Gasteiger partial charge in [-0.3, -0.25) is 0 Å². The minimum absolute atomic E-state index is 0.146. The van der Waals surface area contributed by atoms with Gasteiger partial charge in [-0.2, -0.15) is 0 Å². The first-order valence-corrected chi connectivity index (χ1v) is 8.31. The maximum Gasteiger partial charge on any atom is 0.210 e. The summed E-state index contributed by atoms with van der Waals surface area (Å²) >= 11 is 1.69. The Morgan fingerprint density at radius 1 is 1.29 bits per heavy atom. The first kappa shape index (κ1) is 14.4. The highest BCUT2D eigenvalue weighted by atomic mass is 32.2. The highest BCUT2D eigenvalue weighted by molar-refractivity contribution is 7.99. The maximum atomic E-state index is 13.1. The zero-order valence-corrected chi connectivity index (χ0v) is 13.0. The normalized spacial score (nSPS) is 17.6. The lowest BCUT2D eigenvalue weighted by atomic mass is 10.0. The van der Waals surface area contributed by atoms with Gasteiger partial charge in [-0.05, 0) is 30.5 Å². The van der Waals surface area contributed by atoms with E-state index in [2.05, 4.69) is 29.5 Å². The van der Waals surface area contributed by atoms with Crippen LogP contribution in [0.5, 0.6) is 0 Å². The van der Waals surface area contributed by atoms with Crippen LogP contribution in [0.1, 0.15) is 50.0 Å². The SMILES string of the molecule is CCC(CC)c1nnc2n1NC(c1ccc(F)cc1)CS2. The Labute approximate surface area is 128 Å². The van der Waals surface area contributed by atoms with Crippen molar-refractivity contribution in [1.82, 2.24) is 14.9 Å². The van der Waals surface area contributed by atoms with Crippen molar-refractivity contribution >= 4 is 11.8 Å². The van der Waals surface area contributed by atoms with E-state index in [1.165, 1.54) is 12.1 Å². The molecular formula is C15H19FN4S. The fourth-order valence-corrected chi connectivity index (χ4v) is 3.59. The fraction of sp³-hybridized carbons (Fsp3) is 0.467. The number of aromatic nitrogens is 3. The van der Waals surface area contributed by atoms with Gasteiger partial charge in [0.15, 0.2) is 5.82 Å². The van der Waals surface area contributed by atoms with Gasteiger partial charge in [-0.15, -0.1) is 10.2 Å². The van der Waals surface area contributed by atoms with E-state index in [1.54, 1.807) is 11.8 Å². The minimum Gasteiger partial charge on any atom is -0.314 e. The summed E-state index contributed by atoms with van der Waals surface area (Å²) in [5.41, 5.74) is 4.56. The molecule has 0 saturated carbocycles. The van der Waals surface area contributed by atoms with Crippen molar-refractivity contribution < 1.29 is 4.39 Å². The lowest BCUT2D eigenvalue weighted by Crippen LogP contribution is -2.29. The second-order valence-electron chi connectivity index (χ2n) is 5.23. The molecule has 1 unspecified atom stereocenters. The van der Waals surface area contributed by atoms with Gasteiger partial charge < -0.3 is 5.43 Å². The fourth-order valence-electron chi connectivity index (χ4n) is 2.63. The lowest BCUT2D eigenvalue weighted by Gasteiger charge is -2.27. The molecular weight excluding hydrogens is 287 g/mol.